The Bertz CT molecular complexity index is 973. The van der Waals surface area contributed by atoms with E-state index in [1.54, 1.807) is 67.0 Å². The number of nitrogens with one attached hydrogen (secondary N) is 2. The van der Waals surface area contributed by atoms with Crippen LogP contribution >= 0.6 is 11.6 Å². The Hall–Kier alpha value is -3.51. The number of benzene rings is 2. The molecule has 2 amide bonds. The Labute approximate surface area is 160 Å². The molecular formula is C20H15ClN4O2. The second-order valence-electron chi connectivity index (χ2n) is 5.49. The van der Waals surface area contributed by atoms with Gasteiger partial charge in [0, 0.05) is 28.5 Å². The van der Waals surface area contributed by atoms with Crippen LogP contribution in [0.4, 0.5) is 5.69 Å². The molecule has 0 bridgehead atoms. The van der Waals surface area contributed by atoms with Crippen LogP contribution in [0.1, 0.15) is 26.3 Å². The first-order chi connectivity index (χ1) is 13.1. The SMILES string of the molecule is O=C(Nc1ccccc1C(=O)N/N=C\c1cccnc1)c1ccc(Cl)cc1. The largest absolute Gasteiger partial charge is 0.321 e. The van der Waals surface area contributed by atoms with E-state index in [9.17, 15) is 9.59 Å². The van der Waals surface area contributed by atoms with Gasteiger partial charge in [-0.15, -0.1) is 0 Å². The second kappa shape index (κ2) is 8.73. The van der Waals surface area contributed by atoms with E-state index in [4.69, 9.17) is 11.6 Å². The summed E-state index contributed by atoms with van der Waals surface area (Å²) in [5.41, 5.74) is 4.30. The summed E-state index contributed by atoms with van der Waals surface area (Å²) < 4.78 is 0. The molecule has 0 radical (unpaired) electrons. The van der Waals surface area contributed by atoms with E-state index in [1.165, 1.54) is 6.21 Å². The number of halogens is 1. The van der Waals surface area contributed by atoms with Crippen LogP contribution in [-0.2, 0) is 0 Å². The van der Waals surface area contributed by atoms with Crippen LogP contribution in [-0.4, -0.2) is 23.0 Å². The van der Waals surface area contributed by atoms with Gasteiger partial charge in [0.25, 0.3) is 11.8 Å². The van der Waals surface area contributed by atoms with Crippen LogP contribution in [0.3, 0.4) is 0 Å². The summed E-state index contributed by atoms with van der Waals surface area (Å²) >= 11 is 5.83. The molecule has 3 rings (SSSR count). The molecule has 0 aliphatic carbocycles. The average molecular weight is 379 g/mol. The maximum absolute atomic E-state index is 12.4. The number of aromatic nitrogens is 1. The molecule has 1 aromatic heterocycles. The number of amides is 2. The molecule has 0 unspecified atom stereocenters. The number of nitrogens with zero attached hydrogens (tertiary/aromatic N) is 2. The molecule has 0 fully saturated rings. The molecule has 0 aliphatic heterocycles. The van der Waals surface area contributed by atoms with E-state index in [-0.39, 0.29) is 5.91 Å². The van der Waals surface area contributed by atoms with Gasteiger partial charge < -0.3 is 5.32 Å². The van der Waals surface area contributed by atoms with Gasteiger partial charge in [0.2, 0.25) is 0 Å². The van der Waals surface area contributed by atoms with Crippen molar-refractivity contribution in [3.8, 4) is 0 Å². The molecule has 0 saturated carbocycles. The average Bonchev–Trinajstić information content (AvgIpc) is 2.69. The fraction of sp³-hybridized carbons (Fsp3) is 0. The zero-order valence-corrected chi connectivity index (χ0v) is 14.9. The van der Waals surface area contributed by atoms with Gasteiger partial charge in [0.1, 0.15) is 0 Å². The lowest BCUT2D eigenvalue weighted by molar-refractivity contribution is 0.0956. The number of para-hydroxylation sites is 1. The van der Waals surface area contributed by atoms with Crippen LogP contribution in [0, 0.1) is 0 Å². The Morgan fingerprint density at radius 3 is 2.48 bits per heavy atom. The van der Waals surface area contributed by atoms with Crippen molar-refractivity contribution in [2.75, 3.05) is 5.32 Å². The summed E-state index contributed by atoms with van der Waals surface area (Å²) in [5, 5.41) is 7.18. The van der Waals surface area contributed by atoms with Gasteiger partial charge in [-0.25, -0.2) is 5.43 Å². The Morgan fingerprint density at radius 2 is 1.74 bits per heavy atom. The van der Waals surface area contributed by atoms with Crippen molar-refractivity contribution < 1.29 is 9.59 Å². The monoisotopic (exact) mass is 378 g/mol. The predicted molar refractivity (Wildman–Crippen MR) is 105 cm³/mol. The number of carbonyl (C=O) groups is 2. The van der Waals surface area contributed by atoms with Crippen molar-refractivity contribution in [2.24, 2.45) is 5.10 Å². The number of carbonyl (C=O) groups excluding carboxylic acids is 2. The van der Waals surface area contributed by atoms with E-state index < -0.39 is 5.91 Å². The van der Waals surface area contributed by atoms with Crippen molar-refractivity contribution in [3.63, 3.8) is 0 Å². The van der Waals surface area contributed by atoms with Gasteiger partial charge in [0.15, 0.2) is 0 Å². The van der Waals surface area contributed by atoms with Crippen molar-refractivity contribution in [1.82, 2.24) is 10.4 Å². The molecule has 7 heteroatoms. The first-order valence-corrected chi connectivity index (χ1v) is 8.40. The van der Waals surface area contributed by atoms with Crippen LogP contribution in [0.15, 0.2) is 78.2 Å². The van der Waals surface area contributed by atoms with E-state index >= 15 is 0 Å². The highest BCUT2D eigenvalue weighted by molar-refractivity contribution is 6.30. The molecule has 0 aliphatic rings. The third-order valence-electron chi connectivity index (χ3n) is 3.59. The van der Waals surface area contributed by atoms with Crippen LogP contribution < -0.4 is 10.7 Å². The zero-order chi connectivity index (χ0) is 19.1. The summed E-state index contributed by atoms with van der Waals surface area (Å²) in [6, 6.07) is 16.7. The number of anilines is 1. The normalized spacial score (nSPS) is 10.6. The fourth-order valence-electron chi connectivity index (χ4n) is 2.26. The molecule has 2 N–H and O–H groups in total. The van der Waals surface area contributed by atoms with Gasteiger partial charge in [-0.1, -0.05) is 29.8 Å². The fourth-order valence-corrected chi connectivity index (χ4v) is 2.39. The van der Waals surface area contributed by atoms with E-state index in [0.29, 0.717) is 21.8 Å². The minimum atomic E-state index is -0.442. The quantitative estimate of drug-likeness (QED) is 0.524. The highest BCUT2D eigenvalue weighted by Gasteiger charge is 2.13. The molecule has 0 spiro atoms. The number of hydrogen-bond acceptors (Lipinski definition) is 4. The maximum atomic E-state index is 12.4. The van der Waals surface area contributed by atoms with Gasteiger partial charge in [0.05, 0.1) is 17.5 Å². The third kappa shape index (κ3) is 4.99. The first-order valence-electron chi connectivity index (χ1n) is 8.03. The molecule has 134 valence electrons. The van der Waals surface area contributed by atoms with E-state index in [0.717, 1.165) is 5.56 Å². The molecular weight excluding hydrogens is 364 g/mol. The molecule has 0 atom stereocenters. The van der Waals surface area contributed by atoms with Gasteiger partial charge in [-0.05, 0) is 42.5 Å². The third-order valence-corrected chi connectivity index (χ3v) is 3.84. The number of hydrazone groups is 1. The molecule has 1 heterocycles. The lowest BCUT2D eigenvalue weighted by atomic mass is 10.1. The molecule has 6 nitrogen and oxygen atoms in total. The topological polar surface area (TPSA) is 83.5 Å². The predicted octanol–water partition coefficient (Wildman–Crippen LogP) is 3.75. The Morgan fingerprint density at radius 1 is 0.963 bits per heavy atom. The second-order valence-corrected chi connectivity index (χ2v) is 5.93. The van der Waals surface area contributed by atoms with Gasteiger partial charge in [-0.3, -0.25) is 14.6 Å². The summed E-state index contributed by atoms with van der Waals surface area (Å²) in [6.45, 7) is 0. The molecule has 2 aromatic carbocycles. The van der Waals surface area contributed by atoms with E-state index in [1.807, 2.05) is 6.07 Å². The highest BCUT2D eigenvalue weighted by Crippen LogP contribution is 2.17. The first kappa shape index (κ1) is 18.3. The van der Waals surface area contributed by atoms with Crippen molar-refractivity contribution >= 4 is 35.3 Å². The molecule has 27 heavy (non-hydrogen) atoms. The zero-order valence-electron chi connectivity index (χ0n) is 14.1. The van der Waals surface area contributed by atoms with Crippen LogP contribution in [0.5, 0.6) is 0 Å². The lowest BCUT2D eigenvalue weighted by Gasteiger charge is -2.10. The van der Waals surface area contributed by atoms with Gasteiger partial charge >= 0.3 is 0 Å². The number of pyridine rings is 1. The van der Waals surface area contributed by atoms with E-state index in [2.05, 4.69) is 20.8 Å². The molecule has 3 aromatic rings. The lowest BCUT2D eigenvalue weighted by Crippen LogP contribution is -2.21. The summed E-state index contributed by atoms with van der Waals surface area (Å²) in [5.74, 6) is -0.784. The van der Waals surface area contributed by atoms with Gasteiger partial charge in [-0.2, -0.15) is 5.10 Å². The van der Waals surface area contributed by atoms with Crippen molar-refractivity contribution in [3.05, 3.63) is 94.8 Å². The summed E-state index contributed by atoms with van der Waals surface area (Å²) in [4.78, 5) is 28.7. The minimum absolute atomic E-state index is 0.295. The number of hydrogen-bond donors (Lipinski definition) is 2. The molecule has 0 saturated heterocycles. The van der Waals surface area contributed by atoms with Crippen LogP contribution in [0.2, 0.25) is 5.02 Å². The number of rotatable bonds is 5. The summed E-state index contributed by atoms with van der Waals surface area (Å²) in [6.07, 6.45) is 4.76. The van der Waals surface area contributed by atoms with Crippen LogP contribution in [0.25, 0.3) is 0 Å². The summed E-state index contributed by atoms with van der Waals surface area (Å²) in [7, 11) is 0. The van der Waals surface area contributed by atoms with Crippen molar-refractivity contribution in [2.45, 2.75) is 0 Å². The Balaban J connectivity index is 1.71. The highest BCUT2D eigenvalue weighted by atomic mass is 35.5. The Kier molecular flexibility index (Phi) is 5.91. The van der Waals surface area contributed by atoms with Crippen molar-refractivity contribution in [1.29, 1.82) is 0 Å². The maximum Gasteiger partial charge on any atom is 0.273 e. The standard InChI is InChI=1S/C20H15ClN4O2/c21-16-9-7-15(8-10-16)19(26)24-18-6-2-1-5-17(18)20(27)25-23-13-14-4-3-11-22-12-14/h1-13H,(H,24,26)(H,25,27)/b23-13-. The minimum Gasteiger partial charge on any atom is -0.321 e. The smallest absolute Gasteiger partial charge is 0.273 e.